The highest BCUT2D eigenvalue weighted by Gasteiger charge is 2.23. The molecule has 0 aromatic heterocycles. The Hall–Kier alpha value is -1.35. The lowest BCUT2D eigenvalue weighted by molar-refractivity contribution is -0.151. The molecule has 1 aromatic rings. The molecule has 0 radical (unpaired) electrons. The molecule has 1 saturated heterocycles. The number of hydrogen-bond acceptors (Lipinski definition) is 2. The molecule has 1 amide bonds. The molecular formula is C14H19NO2. The van der Waals surface area contributed by atoms with Gasteiger partial charge in [0.1, 0.15) is 6.23 Å². The van der Waals surface area contributed by atoms with Gasteiger partial charge in [-0.25, -0.2) is 0 Å². The van der Waals surface area contributed by atoms with E-state index in [0.717, 1.165) is 26.0 Å². The molecule has 1 aromatic carbocycles. The van der Waals surface area contributed by atoms with E-state index < -0.39 is 0 Å². The van der Waals surface area contributed by atoms with Gasteiger partial charge in [0.15, 0.2) is 0 Å². The summed E-state index contributed by atoms with van der Waals surface area (Å²) in [5, 5.41) is 0. The zero-order valence-electron chi connectivity index (χ0n) is 10.3. The first-order chi connectivity index (χ1) is 8.27. The lowest BCUT2D eigenvalue weighted by atomic mass is 10.1. The van der Waals surface area contributed by atoms with Gasteiger partial charge in [-0.3, -0.25) is 4.79 Å². The average Bonchev–Trinajstić information content (AvgIpc) is 2.38. The maximum Gasteiger partial charge on any atom is 0.224 e. The maximum absolute atomic E-state index is 12.0. The molecule has 1 atom stereocenters. The van der Waals surface area contributed by atoms with Crippen LogP contribution in [-0.4, -0.2) is 30.2 Å². The molecule has 0 aliphatic carbocycles. The van der Waals surface area contributed by atoms with Crippen molar-refractivity contribution >= 4 is 5.91 Å². The Morgan fingerprint density at radius 3 is 2.88 bits per heavy atom. The van der Waals surface area contributed by atoms with Crippen molar-refractivity contribution in [2.24, 2.45) is 0 Å². The van der Waals surface area contributed by atoms with Crippen molar-refractivity contribution in [2.45, 2.75) is 32.4 Å². The number of nitrogens with zero attached hydrogens (tertiary/aromatic N) is 1. The number of hydrogen-bond donors (Lipinski definition) is 0. The minimum atomic E-state index is -0.0629. The summed E-state index contributed by atoms with van der Waals surface area (Å²) in [5.41, 5.74) is 1.21. The average molecular weight is 233 g/mol. The molecule has 1 aliphatic rings. The molecule has 1 fully saturated rings. The summed E-state index contributed by atoms with van der Waals surface area (Å²) >= 11 is 0. The van der Waals surface area contributed by atoms with Crippen LogP contribution < -0.4 is 0 Å². The quantitative estimate of drug-likeness (QED) is 0.801. The van der Waals surface area contributed by atoms with E-state index in [0.29, 0.717) is 6.42 Å². The van der Waals surface area contributed by atoms with Crippen molar-refractivity contribution in [1.82, 2.24) is 4.90 Å². The van der Waals surface area contributed by atoms with Crippen molar-refractivity contribution in [3.8, 4) is 0 Å². The maximum atomic E-state index is 12.0. The van der Waals surface area contributed by atoms with Gasteiger partial charge in [0.2, 0.25) is 5.91 Å². The minimum Gasteiger partial charge on any atom is -0.359 e. The van der Waals surface area contributed by atoms with E-state index >= 15 is 0 Å². The van der Waals surface area contributed by atoms with E-state index in [1.807, 2.05) is 30.0 Å². The highest BCUT2D eigenvalue weighted by atomic mass is 16.5. The Morgan fingerprint density at radius 1 is 1.41 bits per heavy atom. The highest BCUT2D eigenvalue weighted by Crippen LogP contribution is 2.12. The Balaban J connectivity index is 1.84. The summed E-state index contributed by atoms with van der Waals surface area (Å²) in [4.78, 5) is 13.9. The van der Waals surface area contributed by atoms with Gasteiger partial charge >= 0.3 is 0 Å². The van der Waals surface area contributed by atoms with E-state index in [1.54, 1.807) is 0 Å². The molecular weight excluding hydrogens is 214 g/mol. The van der Waals surface area contributed by atoms with Crippen LogP contribution in [0.3, 0.4) is 0 Å². The van der Waals surface area contributed by atoms with Gasteiger partial charge in [-0.15, -0.1) is 0 Å². The normalized spacial score (nSPS) is 20.3. The third-order valence-corrected chi connectivity index (χ3v) is 3.13. The largest absolute Gasteiger partial charge is 0.359 e. The second kappa shape index (κ2) is 5.82. The summed E-state index contributed by atoms with van der Waals surface area (Å²) in [7, 11) is 0. The van der Waals surface area contributed by atoms with E-state index in [2.05, 4.69) is 12.1 Å². The molecule has 2 rings (SSSR count). The Morgan fingerprint density at radius 2 is 2.18 bits per heavy atom. The Bertz CT molecular complexity index is 364. The first kappa shape index (κ1) is 12.1. The van der Waals surface area contributed by atoms with Crippen molar-refractivity contribution in [1.29, 1.82) is 0 Å². The second-order valence-electron chi connectivity index (χ2n) is 4.40. The smallest absolute Gasteiger partial charge is 0.224 e. The number of amides is 1. The predicted molar refractivity (Wildman–Crippen MR) is 66.5 cm³/mol. The van der Waals surface area contributed by atoms with Crippen molar-refractivity contribution in [3.63, 3.8) is 0 Å². The Kier molecular flexibility index (Phi) is 4.15. The van der Waals surface area contributed by atoms with Gasteiger partial charge in [0, 0.05) is 13.0 Å². The van der Waals surface area contributed by atoms with Gasteiger partial charge in [0.25, 0.3) is 0 Å². The summed E-state index contributed by atoms with van der Waals surface area (Å²) in [6.07, 6.45) is 2.26. The Labute approximate surface area is 102 Å². The van der Waals surface area contributed by atoms with Crippen LogP contribution in [0.15, 0.2) is 30.3 Å². The number of carbonyl (C=O) groups excluding carboxylic acids is 1. The summed E-state index contributed by atoms with van der Waals surface area (Å²) in [6, 6.07) is 10.1. The number of benzene rings is 1. The van der Waals surface area contributed by atoms with Gasteiger partial charge in [-0.1, -0.05) is 30.3 Å². The summed E-state index contributed by atoms with van der Waals surface area (Å²) in [5.74, 6) is 0.195. The lowest BCUT2D eigenvalue weighted by Gasteiger charge is -2.33. The van der Waals surface area contributed by atoms with E-state index in [4.69, 9.17) is 4.74 Å². The van der Waals surface area contributed by atoms with Crippen LogP contribution in [0.25, 0.3) is 0 Å². The molecule has 0 bridgehead atoms. The molecule has 0 N–H and O–H groups in total. The van der Waals surface area contributed by atoms with Gasteiger partial charge in [0.05, 0.1) is 6.61 Å². The van der Waals surface area contributed by atoms with Crippen LogP contribution in [-0.2, 0) is 16.0 Å². The monoisotopic (exact) mass is 233 g/mol. The van der Waals surface area contributed by atoms with Crippen LogP contribution in [0.5, 0.6) is 0 Å². The van der Waals surface area contributed by atoms with Gasteiger partial charge < -0.3 is 9.64 Å². The van der Waals surface area contributed by atoms with Gasteiger partial charge in [-0.2, -0.15) is 0 Å². The summed E-state index contributed by atoms with van der Waals surface area (Å²) < 4.78 is 5.47. The minimum absolute atomic E-state index is 0.0629. The highest BCUT2D eigenvalue weighted by molar-refractivity contribution is 5.76. The number of carbonyl (C=O) groups is 1. The number of ether oxygens (including phenoxy) is 1. The number of aryl methyl sites for hydroxylation is 1. The third kappa shape index (κ3) is 3.30. The van der Waals surface area contributed by atoms with E-state index in [1.165, 1.54) is 5.56 Å². The molecule has 3 nitrogen and oxygen atoms in total. The molecule has 1 heterocycles. The van der Waals surface area contributed by atoms with E-state index in [9.17, 15) is 4.79 Å². The van der Waals surface area contributed by atoms with Crippen LogP contribution in [0.4, 0.5) is 0 Å². The zero-order valence-corrected chi connectivity index (χ0v) is 10.3. The van der Waals surface area contributed by atoms with Crippen LogP contribution in [0.1, 0.15) is 25.3 Å². The first-order valence-corrected chi connectivity index (χ1v) is 6.22. The van der Waals surface area contributed by atoms with Crippen molar-refractivity contribution in [2.75, 3.05) is 13.2 Å². The molecule has 1 aliphatic heterocycles. The second-order valence-corrected chi connectivity index (χ2v) is 4.40. The van der Waals surface area contributed by atoms with Crippen molar-refractivity contribution in [3.05, 3.63) is 35.9 Å². The number of rotatable bonds is 3. The van der Waals surface area contributed by atoms with Gasteiger partial charge in [-0.05, 0) is 25.3 Å². The van der Waals surface area contributed by atoms with Crippen LogP contribution >= 0.6 is 0 Å². The van der Waals surface area contributed by atoms with Crippen LogP contribution in [0.2, 0.25) is 0 Å². The fourth-order valence-corrected chi connectivity index (χ4v) is 2.13. The van der Waals surface area contributed by atoms with E-state index in [-0.39, 0.29) is 12.1 Å². The topological polar surface area (TPSA) is 29.5 Å². The SMILES string of the molecule is CC1OCCCN1C(=O)CCc1ccccc1. The lowest BCUT2D eigenvalue weighted by Crippen LogP contribution is -2.44. The first-order valence-electron chi connectivity index (χ1n) is 6.22. The molecule has 0 spiro atoms. The molecule has 1 unspecified atom stereocenters. The molecule has 17 heavy (non-hydrogen) atoms. The molecule has 0 saturated carbocycles. The molecule has 3 heteroatoms. The molecule has 92 valence electrons. The van der Waals surface area contributed by atoms with Crippen molar-refractivity contribution < 1.29 is 9.53 Å². The summed E-state index contributed by atoms with van der Waals surface area (Å²) in [6.45, 7) is 3.54. The van der Waals surface area contributed by atoms with Crippen LogP contribution in [0, 0.1) is 0 Å². The standard InChI is InChI=1S/C14H19NO2/c1-12-15(10-5-11-17-12)14(16)9-8-13-6-3-2-4-7-13/h2-4,6-7,12H,5,8-11H2,1H3. The fourth-order valence-electron chi connectivity index (χ4n) is 2.13. The third-order valence-electron chi connectivity index (χ3n) is 3.13. The predicted octanol–water partition coefficient (Wildman–Crippen LogP) is 2.21. The fraction of sp³-hybridized carbons (Fsp3) is 0.500. The zero-order chi connectivity index (χ0) is 12.1.